The molecule has 0 saturated carbocycles. The Kier molecular flexibility index (Phi) is 5.52. The minimum Gasteiger partial charge on any atom is -0.457 e. The van der Waals surface area contributed by atoms with Gasteiger partial charge >= 0.3 is 0 Å². The van der Waals surface area contributed by atoms with Gasteiger partial charge in [0.2, 0.25) is 11.0 Å². The lowest BCUT2D eigenvalue weighted by Crippen LogP contribution is -2.22. The third-order valence-electron chi connectivity index (χ3n) is 3.17. The van der Waals surface area contributed by atoms with Crippen molar-refractivity contribution >= 4 is 39.8 Å². The first-order valence-corrected chi connectivity index (χ1v) is 9.19. The van der Waals surface area contributed by atoms with Crippen LogP contribution in [0.5, 0.6) is 11.5 Å². The quantitative estimate of drug-likeness (QED) is 0.635. The standard InChI is InChI=1S/C17H16N4O2S2/c1-11(24-17-21-20-16(18)25-17)15(22)19-12-7-9-14(10-8-12)23-13-5-3-2-4-6-13/h2-11H,1H3,(H2,18,20)(H,19,22)/t11-/m0/s1. The van der Waals surface area contributed by atoms with Crippen LogP contribution in [0, 0.1) is 0 Å². The number of hydrogen-bond acceptors (Lipinski definition) is 7. The number of para-hydroxylation sites is 1. The molecule has 0 aliphatic rings. The summed E-state index contributed by atoms with van der Waals surface area (Å²) in [6.07, 6.45) is 0. The molecule has 0 aliphatic heterocycles. The molecule has 0 radical (unpaired) electrons. The van der Waals surface area contributed by atoms with E-state index < -0.39 is 0 Å². The van der Waals surface area contributed by atoms with E-state index in [1.807, 2.05) is 49.4 Å². The Labute approximate surface area is 153 Å². The summed E-state index contributed by atoms with van der Waals surface area (Å²) in [7, 11) is 0. The number of carbonyl (C=O) groups excluding carboxylic acids is 1. The van der Waals surface area contributed by atoms with Crippen LogP contribution in [-0.2, 0) is 4.79 Å². The van der Waals surface area contributed by atoms with E-state index in [1.54, 1.807) is 12.1 Å². The maximum absolute atomic E-state index is 12.3. The molecule has 0 bridgehead atoms. The van der Waals surface area contributed by atoms with Crippen molar-refractivity contribution in [2.75, 3.05) is 11.1 Å². The number of benzene rings is 2. The SMILES string of the molecule is C[C@H](Sc1nnc(N)s1)C(=O)Nc1ccc(Oc2ccccc2)cc1. The van der Waals surface area contributed by atoms with E-state index in [0.29, 0.717) is 20.9 Å². The number of nitrogens with zero attached hydrogens (tertiary/aromatic N) is 2. The molecule has 128 valence electrons. The molecule has 3 N–H and O–H groups in total. The van der Waals surface area contributed by atoms with E-state index in [4.69, 9.17) is 10.5 Å². The lowest BCUT2D eigenvalue weighted by molar-refractivity contribution is -0.115. The average Bonchev–Trinajstić information content (AvgIpc) is 3.02. The van der Waals surface area contributed by atoms with Crippen molar-refractivity contribution in [1.82, 2.24) is 10.2 Å². The number of thioether (sulfide) groups is 1. The van der Waals surface area contributed by atoms with Crippen LogP contribution in [0.3, 0.4) is 0 Å². The zero-order valence-electron chi connectivity index (χ0n) is 13.4. The highest BCUT2D eigenvalue weighted by Crippen LogP contribution is 2.28. The highest BCUT2D eigenvalue weighted by Gasteiger charge is 2.17. The van der Waals surface area contributed by atoms with Crippen molar-refractivity contribution in [3.8, 4) is 11.5 Å². The first kappa shape index (κ1) is 17.2. The summed E-state index contributed by atoms with van der Waals surface area (Å²) in [6.45, 7) is 1.81. The van der Waals surface area contributed by atoms with Gasteiger partial charge in [0, 0.05) is 5.69 Å². The number of amides is 1. The fourth-order valence-corrected chi connectivity index (χ4v) is 3.73. The van der Waals surface area contributed by atoms with Gasteiger partial charge in [-0.25, -0.2) is 0 Å². The monoisotopic (exact) mass is 372 g/mol. The Morgan fingerprint density at radius 3 is 2.44 bits per heavy atom. The lowest BCUT2D eigenvalue weighted by atomic mass is 10.3. The Balaban J connectivity index is 1.56. The van der Waals surface area contributed by atoms with Crippen molar-refractivity contribution in [3.05, 3.63) is 54.6 Å². The van der Waals surface area contributed by atoms with Crippen LogP contribution in [0.4, 0.5) is 10.8 Å². The van der Waals surface area contributed by atoms with E-state index in [9.17, 15) is 4.79 Å². The van der Waals surface area contributed by atoms with E-state index in [2.05, 4.69) is 15.5 Å². The molecule has 0 fully saturated rings. The maximum Gasteiger partial charge on any atom is 0.237 e. The molecule has 6 nitrogen and oxygen atoms in total. The van der Waals surface area contributed by atoms with Crippen molar-refractivity contribution in [2.45, 2.75) is 16.5 Å². The third kappa shape index (κ3) is 4.94. The van der Waals surface area contributed by atoms with Crippen LogP contribution in [-0.4, -0.2) is 21.4 Å². The topological polar surface area (TPSA) is 90.1 Å². The molecule has 1 atom stereocenters. The van der Waals surface area contributed by atoms with Gasteiger partial charge in [0.15, 0.2) is 4.34 Å². The number of ether oxygens (including phenoxy) is 1. The second-order valence-corrected chi connectivity index (χ2v) is 7.69. The first-order chi connectivity index (χ1) is 12.1. The van der Waals surface area contributed by atoms with Crippen LogP contribution in [0.15, 0.2) is 58.9 Å². The Morgan fingerprint density at radius 1 is 1.12 bits per heavy atom. The van der Waals surface area contributed by atoms with E-state index >= 15 is 0 Å². The van der Waals surface area contributed by atoms with Crippen LogP contribution in [0.2, 0.25) is 0 Å². The molecule has 0 saturated heterocycles. The van der Waals surface area contributed by atoms with Gasteiger partial charge in [0.1, 0.15) is 11.5 Å². The second-order valence-electron chi connectivity index (χ2n) is 5.10. The van der Waals surface area contributed by atoms with E-state index in [1.165, 1.54) is 23.1 Å². The van der Waals surface area contributed by atoms with Gasteiger partial charge in [-0.05, 0) is 43.3 Å². The first-order valence-electron chi connectivity index (χ1n) is 7.49. The van der Waals surface area contributed by atoms with Crippen molar-refractivity contribution in [3.63, 3.8) is 0 Å². The molecule has 8 heteroatoms. The predicted molar refractivity (Wildman–Crippen MR) is 101 cm³/mol. The van der Waals surface area contributed by atoms with Crippen LogP contribution in [0.1, 0.15) is 6.92 Å². The van der Waals surface area contributed by atoms with Gasteiger partial charge in [0.25, 0.3) is 0 Å². The van der Waals surface area contributed by atoms with Gasteiger partial charge in [-0.2, -0.15) is 0 Å². The number of hydrogen-bond donors (Lipinski definition) is 2. The van der Waals surface area contributed by atoms with E-state index in [0.717, 1.165) is 5.75 Å². The molecule has 1 heterocycles. The summed E-state index contributed by atoms with van der Waals surface area (Å²) in [5.41, 5.74) is 6.25. The molecule has 0 spiro atoms. The highest BCUT2D eigenvalue weighted by atomic mass is 32.2. The Bertz CT molecular complexity index is 837. The number of nitrogen functional groups attached to an aromatic ring is 1. The maximum atomic E-state index is 12.3. The van der Waals surface area contributed by atoms with Crippen LogP contribution in [0.25, 0.3) is 0 Å². The minimum atomic E-state index is -0.312. The number of rotatable bonds is 6. The zero-order chi connectivity index (χ0) is 17.6. The van der Waals surface area contributed by atoms with Gasteiger partial charge in [-0.1, -0.05) is 41.3 Å². The molecule has 1 aromatic heterocycles. The molecule has 3 aromatic rings. The normalized spacial score (nSPS) is 11.7. The second kappa shape index (κ2) is 8.00. The fraction of sp³-hybridized carbons (Fsp3) is 0.118. The molecule has 2 aromatic carbocycles. The Morgan fingerprint density at radius 2 is 1.80 bits per heavy atom. The molecule has 1 amide bonds. The van der Waals surface area contributed by atoms with E-state index in [-0.39, 0.29) is 11.2 Å². The molecule has 0 aliphatic carbocycles. The number of anilines is 2. The molecule has 3 rings (SSSR count). The third-order valence-corrected chi connectivity index (χ3v) is 5.11. The smallest absolute Gasteiger partial charge is 0.237 e. The average molecular weight is 372 g/mol. The summed E-state index contributed by atoms with van der Waals surface area (Å²) in [5, 5.41) is 10.6. The lowest BCUT2D eigenvalue weighted by Gasteiger charge is -2.11. The van der Waals surface area contributed by atoms with Crippen molar-refractivity contribution in [1.29, 1.82) is 0 Å². The van der Waals surface area contributed by atoms with Gasteiger partial charge in [0.05, 0.1) is 5.25 Å². The Hall–Kier alpha value is -2.58. The summed E-state index contributed by atoms with van der Waals surface area (Å²) >= 11 is 2.59. The van der Waals surface area contributed by atoms with Crippen molar-refractivity contribution < 1.29 is 9.53 Å². The highest BCUT2D eigenvalue weighted by molar-refractivity contribution is 8.02. The number of carbonyl (C=O) groups is 1. The number of aromatic nitrogens is 2. The van der Waals surface area contributed by atoms with Gasteiger partial charge in [-0.3, -0.25) is 4.79 Å². The fourth-order valence-electron chi connectivity index (χ4n) is 1.95. The molecular formula is C17H16N4O2S2. The molecule has 25 heavy (non-hydrogen) atoms. The minimum absolute atomic E-state index is 0.115. The van der Waals surface area contributed by atoms with Gasteiger partial charge in [-0.15, -0.1) is 10.2 Å². The molecule has 0 unspecified atom stereocenters. The number of nitrogens with one attached hydrogen (secondary N) is 1. The predicted octanol–water partition coefficient (Wildman–Crippen LogP) is 4.03. The van der Waals surface area contributed by atoms with Crippen LogP contribution >= 0.6 is 23.1 Å². The summed E-state index contributed by atoms with van der Waals surface area (Å²) in [5.74, 6) is 1.35. The molecular weight excluding hydrogens is 356 g/mol. The summed E-state index contributed by atoms with van der Waals surface area (Å²) in [6, 6.07) is 16.7. The zero-order valence-corrected chi connectivity index (χ0v) is 15.0. The summed E-state index contributed by atoms with van der Waals surface area (Å²) < 4.78 is 6.40. The van der Waals surface area contributed by atoms with Gasteiger partial charge < -0.3 is 15.8 Å². The largest absolute Gasteiger partial charge is 0.457 e. The van der Waals surface area contributed by atoms with Crippen LogP contribution < -0.4 is 15.8 Å². The number of nitrogens with two attached hydrogens (primary N) is 1. The van der Waals surface area contributed by atoms with Crippen molar-refractivity contribution in [2.24, 2.45) is 0 Å². The summed E-state index contributed by atoms with van der Waals surface area (Å²) in [4.78, 5) is 12.3.